The van der Waals surface area contributed by atoms with Gasteiger partial charge in [0.05, 0.1) is 5.69 Å². The lowest BCUT2D eigenvalue weighted by atomic mass is 10.1. The monoisotopic (exact) mass is 379 g/mol. The van der Waals surface area contributed by atoms with E-state index in [9.17, 15) is 8.42 Å². The lowest BCUT2D eigenvalue weighted by Gasteiger charge is -2.25. The van der Waals surface area contributed by atoms with Crippen LogP contribution in [0.2, 0.25) is 0 Å². The molecule has 0 amide bonds. The summed E-state index contributed by atoms with van der Waals surface area (Å²) in [6, 6.07) is 11.3. The number of rotatable bonds is 2. The molecular formula is C17H18BrNO2S. The number of fused-ring (bicyclic) bond motifs is 1. The minimum atomic E-state index is -3.58. The van der Waals surface area contributed by atoms with Gasteiger partial charge in [-0.25, -0.2) is 8.42 Å². The molecular weight excluding hydrogens is 362 g/mol. The summed E-state index contributed by atoms with van der Waals surface area (Å²) in [5.41, 5.74) is 3.92. The number of halogens is 1. The number of para-hydroxylation sites is 1. The van der Waals surface area contributed by atoms with Gasteiger partial charge >= 0.3 is 0 Å². The molecule has 1 aliphatic rings. The van der Waals surface area contributed by atoms with E-state index in [-0.39, 0.29) is 6.04 Å². The lowest BCUT2D eigenvalue weighted by molar-refractivity contribution is 0.583. The predicted octanol–water partition coefficient (Wildman–Crippen LogP) is 4.21. The van der Waals surface area contributed by atoms with Crippen LogP contribution in [0.1, 0.15) is 23.6 Å². The van der Waals surface area contributed by atoms with Gasteiger partial charge in [-0.1, -0.05) is 18.2 Å². The number of hydrogen-bond acceptors (Lipinski definition) is 2. The highest BCUT2D eigenvalue weighted by Crippen LogP contribution is 2.38. The predicted molar refractivity (Wildman–Crippen MR) is 92.9 cm³/mol. The molecule has 0 aliphatic carbocycles. The molecule has 0 radical (unpaired) electrons. The fourth-order valence-electron chi connectivity index (χ4n) is 2.96. The second-order valence-corrected chi connectivity index (χ2v) is 8.49. The normalized spacial score (nSPS) is 17.6. The van der Waals surface area contributed by atoms with Crippen LogP contribution in [0.5, 0.6) is 0 Å². The molecule has 0 spiro atoms. The minimum absolute atomic E-state index is 0.0732. The van der Waals surface area contributed by atoms with Crippen molar-refractivity contribution in [3.8, 4) is 0 Å². The van der Waals surface area contributed by atoms with E-state index >= 15 is 0 Å². The standard InChI is InChI=1S/C17H18BrNO2S/c1-11-8-15(18)17(9-12(11)2)22(20,21)19-13(3)10-14-6-4-5-7-16(14)19/h4-9,13H,10H2,1-3H3/t13-/m1/s1. The minimum Gasteiger partial charge on any atom is -0.263 e. The zero-order chi connectivity index (χ0) is 16.1. The summed E-state index contributed by atoms with van der Waals surface area (Å²) in [5, 5.41) is 0. The first-order chi connectivity index (χ1) is 10.3. The molecule has 0 fully saturated rings. The maximum Gasteiger partial charge on any atom is 0.265 e. The summed E-state index contributed by atoms with van der Waals surface area (Å²) in [4.78, 5) is 0.333. The number of benzene rings is 2. The third kappa shape index (κ3) is 2.36. The first kappa shape index (κ1) is 15.6. The Kier molecular flexibility index (Phi) is 3.81. The molecule has 0 bridgehead atoms. The van der Waals surface area contributed by atoms with Gasteiger partial charge in [0, 0.05) is 10.5 Å². The van der Waals surface area contributed by atoms with Gasteiger partial charge in [-0.05, 0) is 78.0 Å². The van der Waals surface area contributed by atoms with Crippen LogP contribution in [0.25, 0.3) is 0 Å². The van der Waals surface area contributed by atoms with Crippen LogP contribution in [-0.4, -0.2) is 14.5 Å². The Morgan fingerprint density at radius 3 is 2.50 bits per heavy atom. The van der Waals surface area contributed by atoms with E-state index in [1.165, 1.54) is 0 Å². The average molecular weight is 380 g/mol. The molecule has 0 N–H and O–H groups in total. The average Bonchev–Trinajstić information content (AvgIpc) is 2.79. The van der Waals surface area contributed by atoms with Crippen LogP contribution in [0.15, 0.2) is 45.8 Å². The van der Waals surface area contributed by atoms with Gasteiger partial charge in [-0.2, -0.15) is 0 Å². The Labute approximate surface area is 140 Å². The Hall–Kier alpha value is -1.33. The molecule has 2 aromatic carbocycles. The molecule has 5 heteroatoms. The molecule has 0 unspecified atom stereocenters. The highest BCUT2D eigenvalue weighted by atomic mass is 79.9. The van der Waals surface area contributed by atoms with E-state index in [1.54, 1.807) is 10.4 Å². The van der Waals surface area contributed by atoms with E-state index in [4.69, 9.17) is 0 Å². The van der Waals surface area contributed by atoms with Gasteiger partial charge in [-0.3, -0.25) is 4.31 Å². The molecule has 0 saturated carbocycles. The van der Waals surface area contributed by atoms with Crippen molar-refractivity contribution in [3.05, 3.63) is 57.6 Å². The number of aryl methyl sites for hydroxylation is 2. The quantitative estimate of drug-likeness (QED) is 0.783. The molecule has 1 atom stereocenters. The fourth-order valence-corrected chi connectivity index (χ4v) is 5.86. The highest BCUT2D eigenvalue weighted by Gasteiger charge is 2.36. The van der Waals surface area contributed by atoms with Crippen molar-refractivity contribution in [1.82, 2.24) is 0 Å². The van der Waals surface area contributed by atoms with E-state index in [0.29, 0.717) is 9.37 Å². The fraction of sp³-hybridized carbons (Fsp3) is 0.294. The summed E-state index contributed by atoms with van der Waals surface area (Å²) in [7, 11) is -3.58. The van der Waals surface area contributed by atoms with Gasteiger partial charge in [-0.15, -0.1) is 0 Å². The van der Waals surface area contributed by atoms with Crippen molar-refractivity contribution < 1.29 is 8.42 Å². The molecule has 22 heavy (non-hydrogen) atoms. The van der Waals surface area contributed by atoms with E-state index in [2.05, 4.69) is 15.9 Å². The lowest BCUT2D eigenvalue weighted by Crippen LogP contribution is -2.36. The molecule has 116 valence electrons. The van der Waals surface area contributed by atoms with Crippen molar-refractivity contribution in [2.45, 2.75) is 38.1 Å². The second-order valence-electron chi connectivity index (χ2n) is 5.85. The van der Waals surface area contributed by atoms with Crippen molar-refractivity contribution in [3.63, 3.8) is 0 Å². The second kappa shape index (κ2) is 5.39. The van der Waals surface area contributed by atoms with E-state index < -0.39 is 10.0 Å². The van der Waals surface area contributed by atoms with Crippen molar-refractivity contribution in [2.24, 2.45) is 0 Å². The highest BCUT2D eigenvalue weighted by molar-refractivity contribution is 9.10. The smallest absolute Gasteiger partial charge is 0.263 e. The molecule has 0 aromatic heterocycles. The number of nitrogens with zero attached hydrogens (tertiary/aromatic N) is 1. The number of sulfonamides is 1. The number of hydrogen-bond donors (Lipinski definition) is 0. The van der Waals surface area contributed by atoms with Crippen LogP contribution in [0.4, 0.5) is 5.69 Å². The van der Waals surface area contributed by atoms with Gasteiger partial charge in [0.1, 0.15) is 4.90 Å². The van der Waals surface area contributed by atoms with Crippen LogP contribution in [-0.2, 0) is 16.4 Å². The maximum absolute atomic E-state index is 13.2. The van der Waals surface area contributed by atoms with Crippen LogP contribution in [0, 0.1) is 13.8 Å². The van der Waals surface area contributed by atoms with E-state index in [1.807, 2.05) is 51.1 Å². The van der Waals surface area contributed by atoms with Crippen LogP contribution >= 0.6 is 15.9 Å². The van der Waals surface area contributed by atoms with Gasteiger partial charge in [0.2, 0.25) is 0 Å². The first-order valence-corrected chi connectivity index (χ1v) is 9.45. The zero-order valence-electron chi connectivity index (χ0n) is 12.8. The molecule has 1 aliphatic heterocycles. The van der Waals surface area contributed by atoms with Gasteiger partial charge < -0.3 is 0 Å². The molecule has 1 heterocycles. The molecule has 2 aromatic rings. The summed E-state index contributed by atoms with van der Waals surface area (Å²) < 4.78 is 28.5. The Morgan fingerprint density at radius 2 is 1.77 bits per heavy atom. The van der Waals surface area contributed by atoms with Crippen LogP contribution in [0.3, 0.4) is 0 Å². The largest absolute Gasteiger partial charge is 0.265 e. The summed E-state index contributed by atoms with van der Waals surface area (Å²) >= 11 is 3.42. The third-order valence-corrected chi connectivity index (χ3v) is 7.12. The molecule has 3 nitrogen and oxygen atoms in total. The summed E-state index contributed by atoms with van der Waals surface area (Å²) in [6.45, 7) is 5.86. The Balaban J connectivity index is 2.17. The summed E-state index contributed by atoms with van der Waals surface area (Å²) in [6.07, 6.45) is 0.748. The Bertz CT molecular complexity index is 846. The summed E-state index contributed by atoms with van der Waals surface area (Å²) in [5.74, 6) is 0. The molecule has 3 rings (SSSR count). The van der Waals surface area contributed by atoms with Crippen molar-refractivity contribution >= 4 is 31.6 Å². The third-order valence-electron chi connectivity index (χ3n) is 4.23. The van der Waals surface area contributed by atoms with Crippen molar-refractivity contribution in [2.75, 3.05) is 4.31 Å². The maximum atomic E-state index is 13.2. The molecule has 0 saturated heterocycles. The SMILES string of the molecule is Cc1cc(Br)c(S(=O)(=O)N2c3ccccc3C[C@H]2C)cc1C. The van der Waals surface area contributed by atoms with E-state index in [0.717, 1.165) is 28.8 Å². The Morgan fingerprint density at radius 1 is 1.14 bits per heavy atom. The zero-order valence-corrected chi connectivity index (χ0v) is 15.2. The number of anilines is 1. The topological polar surface area (TPSA) is 37.4 Å². The van der Waals surface area contributed by atoms with Crippen molar-refractivity contribution in [1.29, 1.82) is 0 Å². The van der Waals surface area contributed by atoms with Crippen LogP contribution < -0.4 is 4.31 Å². The first-order valence-electron chi connectivity index (χ1n) is 7.21. The van der Waals surface area contributed by atoms with Gasteiger partial charge in [0.25, 0.3) is 10.0 Å². The van der Waals surface area contributed by atoms with Gasteiger partial charge in [0.15, 0.2) is 0 Å².